The lowest BCUT2D eigenvalue weighted by atomic mass is 10.2. The molecular weight excluding hydrogens is 285 g/mol. The summed E-state index contributed by atoms with van der Waals surface area (Å²) < 4.78 is 13.4. The van der Waals surface area contributed by atoms with Crippen molar-refractivity contribution in [3.63, 3.8) is 0 Å². The van der Waals surface area contributed by atoms with Crippen molar-refractivity contribution in [3.8, 4) is 0 Å². The molecule has 0 spiro atoms. The minimum Gasteiger partial charge on any atom is -0.313 e. The van der Waals surface area contributed by atoms with E-state index in [-0.39, 0.29) is 5.82 Å². The molecule has 1 aromatic heterocycles. The van der Waals surface area contributed by atoms with E-state index in [9.17, 15) is 4.39 Å². The fourth-order valence-electron chi connectivity index (χ4n) is 1.93. The highest BCUT2D eigenvalue weighted by atomic mass is 32.2. The van der Waals surface area contributed by atoms with E-state index in [1.54, 1.807) is 12.1 Å². The molecule has 1 aromatic carbocycles. The topological polar surface area (TPSA) is 37.8 Å². The van der Waals surface area contributed by atoms with E-state index < -0.39 is 0 Å². The third-order valence-corrected chi connectivity index (χ3v) is 4.38. The Labute approximate surface area is 129 Å². The van der Waals surface area contributed by atoms with Gasteiger partial charge in [-0.1, -0.05) is 6.92 Å². The Hall–Kier alpha value is -1.46. The number of aromatic nitrogens is 2. The number of aryl methyl sites for hydroxylation is 2. The summed E-state index contributed by atoms with van der Waals surface area (Å²) in [7, 11) is 0. The molecule has 0 saturated carbocycles. The van der Waals surface area contributed by atoms with Crippen molar-refractivity contribution in [2.75, 3.05) is 6.54 Å². The lowest BCUT2D eigenvalue weighted by Crippen LogP contribution is -2.12. The van der Waals surface area contributed by atoms with E-state index >= 15 is 0 Å². The molecule has 0 fully saturated rings. The van der Waals surface area contributed by atoms with Gasteiger partial charge in [-0.3, -0.25) is 0 Å². The van der Waals surface area contributed by atoms with Crippen LogP contribution in [0.4, 0.5) is 4.39 Å². The van der Waals surface area contributed by atoms with Gasteiger partial charge in [0.05, 0.1) is 0 Å². The van der Waals surface area contributed by atoms with Gasteiger partial charge < -0.3 is 5.32 Å². The van der Waals surface area contributed by atoms with Crippen LogP contribution in [-0.2, 0) is 6.54 Å². The van der Waals surface area contributed by atoms with Crippen LogP contribution in [0.3, 0.4) is 0 Å². The highest BCUT2D eigenvalue weighted by Gasteiger charge is 2.10. The molecule has 112 valence electrons. The number of nitrogens with one attached hydrogen (secondary N) is 1. The first-order valence-electron chi connectivity index (χ1n) is 7.00. The van der Waals surface area contributed by atoms with Crippen LogP contribution < -0.4 is 5.32 Å². The second-order valence-corrected chi connectivity index (χ2v) is 5.95. The van der Waals surface area contributed by atoms with Gasteiger partial charge in [0, 0.05) is 22.8 Å². The lowest BCUT2D eigenvalue weighted by molar-refractivity contribution is 0.619. The molecule has 0 bridgehead atoms. The highest BCUT2D eigenvalue weighted by molar-refractivity contribution is 7.99. The smallest absolute Gasteiger partial charge is 0.192 e. The molecule has 0 saturated heterocycles. The maximum absolute atomic E-state index is 13.4. The van der Waals surface area contributed by atoms with Crippen molar-refractivity contribution in [1.29, 1.82) is 0 Å². The first kappa shape index (κ1) is 15.9. The van der Waals surface area contributed by atoms with Crippen molar-refractivity contribution in [1.82, 2.24) is 15.3 Å². The van der Waals surface area contributed by atoms with Crippen LogP contribution in [0, 0.1) is 26.6 Å². The summed E-state index contributed by atoms with van der Waals surface area (Å²) >= 11 is 1.48. The zero-order chi connectivity index (χ0) is 15.4. The molecule has 0 atom stereocenters. The predicted octanol–water partition coefficient (Wildman–Crippen LogP) is 3.80. The average Bonchev–Trinajstić information content (AvgIpc) is 2.45. The van der Waals surface area contributed by atoms with Crippen LogP contribution in [0.5, 0.6) is 0 Å². The van der Waals surface area contributed by atoms with Gasteiger partial charge in [-0.15, -0.1) is 0 Å². The number of rotatable bonds is 5. The van der Waals surface area contributed by atoms with Gasteiger partial charge in [0.25, 0.3) is 0 Å². The number of benzene rings is 1. The fraction of sp³-hybridized carbons (Fsp3) is 0.375. The third-order valence-electron chi connectivity index (χ3n) is 3.40. The Morgan fingerprint density at radius 3 is 2.43 bits per heavy atom. The van der Waals surface area contributed by atoms with Gasteiger partial charge in [0.2, 0.25) is 0 Å². The number of halogens is 1. The van der Waals surface area contributed by atoms with Gasteiger partial charge >= 0.3 is 0 Å². The molecule has 0 radical (unpaired) electrons. The molecule has 21 heavy (non-hydrogen) atoms. The summed E-state index contributed by atoms with van der Waals surface area (Å²) in [5, 5.41) is 3.94. The second-order valence-electron chi connectivity index (χ2n) is 4.94. The quantitative estimate of drug-likeness (QED) is 0.853. The Morgan fingerprint density at radius 1 is 1.14 bits per heavy atom. The van der Waals surface area contributed by atoms with Crippen molar-refractivity contribution in [3.05, 3.63) is 46.5 Å². The first-order chi connectivity index (χ1) is 10.0. The van der Waals surface area contributed by atoms with Gasteiger partial charge in [-0.2, -0.15) is 0 Å². The molecular formula is C16H20FN3S. The van der Waals surface area contributed by atoms with Crippen LogP contribution in [0.25, 0.3) is 0 Å². The minimum absolute atomic E-state index is 0.218. The zero-order valence-corrected chi connectivity index (χ0v) is 13.6. The number of hydrogen-bond acceptors (Lipinski definition) is 4. The van der Waals surface area contributed by atoms with Crippen LogP contribution in [0.1, 0.15) is 29.4 Å². The molecule has 5 heteroatoms. The van der Waals surface area contributed by atoms with Crippen molar-refractivity contribution < 1.29 is 4.39 Å². The Kier molecular flexibility index (Phi) is 5.31. The summed E-state index contributed by atoms with van der Waals surface area (Å²) in [5.74, 6) is -0.218. The van der Waals surface area contributed by atoms with Gasteiger partial charge in [0.1, 0.15) is 5.82 Å². The van der Waals surface area contributed by atoms with Crippen LogP contribution in [0.15, 0.2) is 28.3 Å². The van der Waals surface area contributed by atoms with E-state index in [4.69, 9.17) is 0 Å². The van der Waals surface area contributed by atoms with E-state index in [1.165, 1.54) is 17.8 Å². The summed E-state index contributed by atoms with van der Waals surface area (Å²) in [6.07, 6.45) is 0. The summed E-state index contributed by atoms with van der Waals surface area (Å²) in [4.78, 5) is 10.0. The molecule has 3 nitrogen and oxygen atoms in total. The Bertz CT molecular complexity index is 620. The highest BCUT2D eigenvalue weighted by Crippen LogP contribution is 2.29. The molecule has 1 heterocycles. The molecule has 2 aromatic rings. The standard InChI is InChI=1S/C16H20FN3S/c1-5-18-9-13-8-14(17)6-7-15(13)21-16-19-11(3)10(2)12(4)20-16/h6-8,18H,5,9H2,1-4H3. The van der Waals surface area contributed by atoms with E-state index in [1.807, 2.05) is 27.7 Å². The van der Waals surface area contributed by atoms with Gasteiger partial charge in [-0.05, 0) is 68.4 Å². The monoisotopic (exact) mass is 305 g/mol. The summed E-state index contributed by atoms with van der Waals surface area (Å²) in [6.45, 7) is 9.51. The maximum atomic E-state index is 13.4. The van der Waals surface area contributed by atoms with Crippen molar-refractivity contribution in [2.24, 2.45) is 0 Å². The second kappa shape index (κ2) is 7.00. The SMILES string of the molecule is CCNCc1cc(F)ccc1Sc1nc(C)c(C)c(C)n1. The Balaban J connectivity index is 2.30. The molecule has 0 amide bonds. The van der Waals surface area contributed by atoms with Crippen molar-refractivity contribution >= 4 is 11.8 Å². The van der Waals surface area contributed by atoms with E-state index in [2.05, 4.69) is 15.3 Å². The molecule has 0 aliphatic heterocycles. The zero-order valence-electron chi connectivity index (χ0n) is 12.8. The molecule has 0 unspecified atom stereocenters. The fourth-order valence-corrected chi connectivity index (χ4v) is 2.89. The molecule has 2 rings (SSSR count). The summed E-state index contributed by atoms with van der Waals surface area (Å²) in [5.41, 5.74) is 4.02. The third kappa shape index (κ3) is 4.02. The number of nitrogens with zero attached hydrogens (tertiary/aromatic N) is 2. The van der Waals surface area contributed by atoms with Gasteiger partial charge in [-0.25, -0.2) is 14.4 Å². The predicted molar refractivity (Wildman–Crippen MR) is 84.1 cm³/mol. The van der Waals surface area contributed by atoms with Gasteiger partial charge in [0.15, 0.2) is 5.16 Å². The van der Waals surface area contributed by atoms with Crippen LogP contribution in [0.2, 0.25) is 0 Å². The minimum atomic E-state index is -0.218. The van der Waals surface area contributed by atoms with Crippen LogP contribution >= 0.6 is 11.8 Å². The van der Waals surface area contributed by atoms with Crippen LogP contribution in [-0.4, -0.2) is 16.5 Å². The van der Waals surface area contributed by atoms with Crippen molar-refractivity contribution in [2.45, 2.75) is 44.3 Å². The largest absolute Gasteiger partial charge is 0.313 e. The molecule has 0 aliphatic rings. The lowest BCUT2D eigenvalue weighted by Gasteiger charge is -2.11. The maximum Gasteiger partial charge on any atom is 0.192 e. The van der Waals surface area contributed by atoms with E-state index in [0.717, 1.165) is 34.0 Å². The average molecular weight is 305 g/mol. The molecule has 0 aliphatic carbocycles. The summed E-state index contributed by atoms with van der Waals surface area (Å²) in [6, 6.07) is 4.84. The first-order valence-corrected chi connectivity index (χ1v) is 7.81. The molecule has 1 N–H and O–H groups in total. The normalized spacial score (nSPS) is 10.9. The number of hydrogen-bond donors (Lipinski definition) is 1. The Morgan fingerprint density at radius 2 is 1.81 bits per heavy atom. The van der Waals surface area contributed by atoms with E-state index in [0.29, 0.717) is 11.7 Å².